The molecule has 0 bridgehead atoms. The molecule has 6 unspecified atom stereocenters. The molecule has 1 aromatic carbocycles. The first-order valence-corrected chi connectivity index (χ1v) is 20.1. The summed E-state index contributed by atoms with van der Waals surface area (Å²) in [6, 6.07) is -4.04. The molecule has 19 heteroatoms. The number of allylic oxidation sites excluding steroid dienone is 8. The maximum atomic E-state index is 13.8. The number of aromatic hydroxyl groups is 1. The highest BCUT2D eigenvalue weighted by atomic mass is 79.9. The van der Waals surface area contributed by atoms with Crippen molar-refractivity contribution in [1.29, 1.82) is 0 Å². The molecule has 59 heavy (non-hydrogen) atoms. The van der Waals surface area contributed by atoms with Gasteiger partial charge in [0.05, 0.1) is 21.8 Å². The van der Waals surface area contributed by atoms with Crippen LogP contribution in [0.4, 0.5) is 0 Å². The summed E-state index contributed by atoms with van der Waals surface area (Å²) in [5.41, 5.74) is 11.5. The Kier molecular flexibility index (Phi) is 20.5. The number of nitrogens with one attached hydrogen (secondary N) is 5. The predicted octanol–water partition coefficient (Wildman–Crippen LogP) is 1.98. The quantitative estimate of drug-likeness (QED) is 0.0763. The van der Waals surface area contributed by atoms with Crippen LogP contribution >= 0.6 is 31.9 Å². The van der Waals surface area contributed by atoms with Crippen molar-refractivity contribution in [1.82, 2.24) is 26.6 Å². The zero-order chi connectivity index (χ0) is 44.4. The van der Waals surface area contributed by atoms with Crippen molar-refractivity contribution >= 4 is 85.3 Å². The Balaban J connectivity index is 2.37. The Morgan fingerprint density at radius 2 is 1.22 bits per heavy atom. The van der Waals surface area contributed by atoms with Crippen LogP contribution in [0.1, 0.15) is 59.4 Å². The van der Waals surface area contributed by atoms with E-state index in [2.05, 4.69) is 58.4 Å². The summed E-state index contributed by atoms with van der Waals surface area (Å²) in [5, 5.41) is 22.0. The highest BCUT2D eigenvalue weighted by molar-refractivity contribution is 9.11. The number of esters is 1. The molecule has 0 spiro atoms. The number of rotatable bonds is 14. The number of ether oxygens (including phenoxy) is 1. The van der Waals surface area contributed by atoms with Crippen LogP contribution in [0.3, 0.4) is 0 Å². The van der Waals surface area contributed by atoms with Gasteiger partial charge in [0.2, 0.25) is 41.4 Å². The zero-order valence-corrected chi connectivity index (χ0v) is 36.4. The second-order valence-electron chi connectivity index (χ2n) is 14.2. The average Bonchev–Trinajstić information content (AvgIpc) is 3.13. The molecule has 17 nitrogen and oxygen atoms in total. The van der Waals surface area contributed by atoms with Crippen LogP contribution in [0, 0.1) is 11.8 Å². The highest BCUT2D eigenvalue weighted by Gasteiger charge is 2.38. The van der Waals surface area contributed by atoms with Crippen molar-refractivity contribution in [2.24, 2.45) is 23.3 Å². The van der Waals surface area contributed by atoms with E-state index in [-0.39, 0.29) is 18.1 Å². The molecule has 1 heterocycles. The van der Waals surface area contributed by atoms with Crippen LogP contribution < -0.4 is 38.1 Å². The van der Waals surface area contributed by atoms with E-state index in [1.54, 1.807) is 76.3 Å². The summed E-state index contributed by atoms with van der Waals surface area (Å²) in [7, 11) is 0. The number of halogens is 2. The van der Waals surface area contributed by atoms with E-state index in [4.69, 9.17) is 16.2 Å². The molecule has 2 rings (SSSR count). The summed E-state index contributed by atoms with van der Waals surface area (Å²) in [4.78, 5) is 105. The first-order valence-electron chi connectivity index (χ1n) is 18.5. The van der Waals surface area contributed by atoms with Gasteiger partial charge >= 0.3 is 5.97 Å². The van der Waals surface area contributed by atoms with Gasteiger partial charge in [0.15, 0.2) is 0 Å². The second kappa shape index (κ2) is 24.4. The van der Waals surface area contributed by atoms with Crippen LogP contribution in [0.15, 0.2) is 75.8 Å². The van der Waals surface area contributed by atoms with E-state index < -0.39 is 102 Å². The van der Waals surface area contributed by atoms with Crippen LogP contribution in [0.5, 0.6) is 5.75 Å². The average molecular weight is 950 g/mol. The monoisotopic (exact) mass is 947 g/mol. The summed E-state index contributed by atoms with van der Waals surface area (Å²) in [6.45, 7) is 8.02. The largest absolute Gasteiger partial charge is 0.506 e. The number of cyclic esters (lactones) is 1. The van der Waals surface area contributed by atoms with E-state index in [1.165, 1.54) is 13.0 Å². The van der Waals surface area contributed by atoms with Gasteiger partial charge < -0.3 is 47.9 Å². The first-order chi connectivity index (χ1) is 27.7. The van der Waals surface area contributed by atoms with Gasteiger partial charge in [-0.1, -0.05) is 82.4 Å². The molecule has 7 amide bonds. The topological polar surface area (TPSA) is 278 Å². The molecular formula is C40H51Br2N7O10. The molecule has 0 saturated carbocycles. The van der Waals surface area contributed by atoms with Gasteiger partial charge in [-0.05, 0) is 74.7 Å². The molecule has 320 valence electrons. The van der Waals surface area contributed by atoms with E-state index in [9.17, 15) is 43.5 Å². The van der Waals surface area contributed by atoms with Crippen molar-refractivity contribution in [2.75, 3.05) is 0 Å². The lowest BCUT2D eigenvalue weighted by atomic mass is 10.0. The molecule has 0 radical (unpaired) electrons. The van der Waals surface area contributed by atoms with Crippen LogP contribution in [-0.4, -0.2) is 88.7 Å². The van der Waals surface area contributed by atoms with Crippen molar-refractivity contribution in [3.05, 3.63) is 81.3 Å². The highest BCUT2D eigenvalue weighted by Crippen LogP contribution is 2.33. The molecule has 0 aliphatic carbocycles. The Labute approximate surface area is 359 Å². The van der Waals surface area contributed by atoms with Gasteiger partial charge in [0, 0.05) is 6.08 Å². The van der Waals surface area contributed by atoms with Gasteiger partial charge in [-0.3, -0.25) is 33.6 Å². The number of phenolic OH excluding ortho intramolecular Hbond substituents is 1. The number of primary amides is 2. The van der Waals surface area contributed by atoms with Crippen LogP contribution in [-0.2, 0) is 43.1 Å². The minimum atomic E-state index is -1.65. The first kappa shape index (κ1) is 49.6. The number of nitrogens with two attached hydrogens (primary N) is 2. The number of benzene rings is 1. The molecule has 10 N–H and O–H groups in total. The third-order valence-electron chi connectivity index (χ3n) is 8.34. The fraction of sp³-hybridized carbons (Fsp3) is 0.400. The van der Waals surface area contributed by atoms with Crippen LogP contribution in [0.25, 0.3) is 6.08 Å². The minimum Gasteiger partial charge on any atom is -0.506 e. The summed E-state index contributed by atoms with van der Waals surface area (Å²) in [5.74, 6) is -8.38. The number of phenols is 1. The lowest BCUT2D eigenvalue weighted by Crippen LogP contribution is -2.62. The SMILES string of the molecule is CC(C)CC1NC(=O)C(CC(N)=O)NC(=O)C(CC(N)=O)NC(=O)C(C(C)C)NC(=O)C(NC(=O)C=CC=CC=CC=CC=Cc2cc(Br)c(O)c(Br)c2)C(C)OC1=O. The van der Waals surface area contributed by atoms with Gasteiger partial charge in [0.25, 0.3) is 0 Å². The fourth-order valence-electron chi connectivity index (χ4n) is 5.40. The van der Waals surface area contributed by atoms with Crippen molar-refractivity contribution in [3.8, 4) is 5.75 Å². The molecule has 1 aliphatic heterocycles. The van der Waals surface area contributed by atoms with E-state index in [1.807, 2.05) is 12.2 Å². The van der Waals surface area contributed by atoms with E-state index >= 15 is 0 Å². The minimum absolute atomic E-state index is 0.0274. The maximum Gasteiger partial charge on any atom is 0.328 e. The predicted molar refractivity (Wildman–Crippen MR) is 226 cm³/mol. The summed E-state index contributed by atoms with van der Waals surface area (Å²) < 4.78 is 6.73. The van der Waals surface area contributed by atoms with Gasteiger partial charge in [0.1, 0.15) is 42.1 Å². The fourth-order valence-corrected chi connectivity index (χ4v) is 6.62. The Hall–Kier alpha value is -5.56. The molecule has 1 fully saturated rings. The van der Waals surface area contributed by atoms with Gasteiger partial charge in [-0.2, -0.15) is 0 Å². The van der Waals surface area contributed by atoms with Crippen molar-refractivity contribution < 1.29 is 48.2 Å². The van der Waals surface area contributed by atoms with E-state index in [0.717, 1.165) is 11.6 Å². The smallest absolute Gasteiger partial charge is 0.328 e. The molecular weight excluding hydrogens is 898 g/mol. The third-order valence-corrected chi connectivity index (χ3v) is 9.55. The molecule has 6 atom stereocenters. The summed E-state index contributed by atoms with van der Waals surface area (Å²) >= 11 is 6.58. The maximum absolute atomic E-state index is 13.8. The van der Waals surface area contributed by atoms with Gasteiger partial charge in [-0.25, -0.2) is 4.79 Å². The lowest BCUT2D eigenvalue weighted by molar-refractivity contribution is -0.156. The molecule has 1 saturated heterocycles. The summed E-state index contributed by atoms with van der Waals surface area (Å²) in [6.07, 6.45) is 13.6. The van der Waals surface area contributed by atoms with Gasteiger partial charge in [-0.15, -0.1) is 0 Å². The second-order valence-corrected chi connectivity index (χ2v) is 15.9. The number of hydrogen-bond donors (Lipinski definition) is 8. The number of hydrogen-bond acceptors (Lipinski definition) is 10. The lowest BCUT2D eigenvalue weighted by Gasteiger charge is -2.31. The Bertz CT molecular complexity index is 1870. The Morgan fingerprint density at radius 1 is 0.746 bits per heavy atom. The zero-order valence-electron chi connectivity index (χ0n) is 33.2. The van der Waals surface area contributed by atoms with Crippen LogP contribution in [0.2, 0.25) is 0 Å². The third kappa shape index (κ3) is 17.4. The Morgan fingerprint density at radius 3 is 1.71 bits per heavy atom. The van der Waals surface area contributed by atoms with Crippen molar-refractivity contribution in [2.45, 2.75) is 90.2 Å². The van der Waals surface area contributed by atoms with Crippen molar-refractivity contribution in [3.63, 3.8) is 0 Å². The van der Waals surface area contributed by atoms with E-state index in [0.29, 0.717) is 8.95 Å². The molecule has 0 aromatic heterocycles. The number of amides is 7. The number of carbonyl (C=O) groups excluding carboxylic acids is 8. The number of carbonyl (C=O) groups is 8. The standard InChI is InChI=1S/C40H51Br2N7O10/c1-21(2)16-29-40(58)59-23(5)34(48-32(52)15-13-11-9-7-6-8-10-12-14-24-17-25(41)35(53)26(42)18-24)39(57)49-33(22(3)4)38(56)46-28(20-31(44)51)36(54)45-27(19-30(43)50)37(55)47-29/h6-15,17-18,21-23,27-29,33-34,53H,16,19-20H2,1-5H3,(H2,43,50)(H2,44,51)(H,45,54)(H,46,56)(H,47,55)(H,48,52)(H,49,57). The molecule has 1 aromatic rings. The molecule has 1 aliphatic rings. The normalized spacial score (nSPS) is 22.9.